The van der Waals surface area contributed by atoms with Gasteiger partial charge in [-0.25, -0.2) is 0 Å². The van der Waals surface area contributed by atoms with Crippen molar-refractivity contribution in [1.29, 1.82) is 0 Å². The zero-order chi connectivity index (χ0) is 20.5. The standard InChI is InChI=1S/C26H32N2Si/c1-29(2,3)27-20-26(19-23-13-7-4-8-14-23)28(21-24-15-9-5-10-16-24)22-25-17-11-6-12-18-25/h4-18,20,26H,19,21-22H2,1-3H3/b27-20+. The van der Waals surface area contributed by atoms with Crippen LogP contribution in [0, 0.1) is 0 Å². The Morgan fingerprint density at radius 2 is 1.10 bits per heavy atom. The molecule has 0 saturated heterocycles. The third-order valence-electron chi connectivity index (χ3n) is 4.85. The summed E-state index contributed by atoms with van der Waals surface area (Å²) < 4.78 is 5.03. The zero-order valence-electron chi connectivity index (χ0n) is 17.8. The van der Waals surface area contributed by atoms with Crippen LogP contribution in [-0.4, -0.2) is 25.4 Å². The van der Waals surface area contributed by atoms with E-state index in [-0.39, 0.29) is 6.04 Å². The first-order chi connectivity index (χ1) is 14.0. The lowest BCUT2D eigenvalue weighted by molar-refractivity contribution is 0.225. The molecule has 3 heteroatoms. The number of hydrogen-bond acceptors (Lipinski definition) is 2. The van der Waals surface area contributed by atoms with Crippen LogP contribution in [0.5, 0.6) is 0 Å². The monoisotopic (exact) mass is 400 g/mol. The van der Waals surface area contributed by atoms with Gasteiger partial charge in [0, 0.05) is 25.3 Å². The van der Waals surface area contributed by atoms with Gasteiger partial charge in [-0.05, 0) is 42.8 Å². The zero-order valence-corrected chi connectivity index (χ0v) is 18.8. The van der Waals surface area contributed by atoms with Crippen molar-refractivity contribution >= 4 is 14.5 Å². The van der Waals surface area contributed by atoms with E-state index >= 15 is 0 Å². The summed E-state index contributed by atoms with van der Waals surface area (Å²) >= 11 is 0. The fraction of sp³-hybridized carbons (Fsp3) is 0.269. The molecule has 0 spiro atoms. The second-order valence-corrected chi connectivity index (χ2v) is 13.2. The van der Waals surface area contributed by atoms with Crippen molar-refractivity contribution in [2.45, 2.75) is 45.2 Å². The van der Waals surface area contributed by atoms with Crippen molar-refractivity contribution in [3.63, 3.8) is 0 Å². The highest BCUT2D eigenvalue weighted by Gasteiger charge is 2.20. The van der Waals surface area contributed by atoms with Gasteiger partial charge in [-0.3, -0.25) is 4.90 Å². The molecule has 2 nitrogen and oxygen atoms in total. The molecule has 1 unspecified atom stereocenters. The van der Waals surface area contributed by atoms with Gasteiger partial charge in [-0.2, -0.15) is 0 Å². The Balaban J connectivity index is 1.91. The highest BCUT2D eigenvalue weighted by Crippen LogP contribution is 2.17. The minimum Gasteiger partial charge on any atom is -0.332 e. The van der Waals surface area contributed by atoms with E-state index in [2.05, 4.69) is 122 Å². The molecule has 0 aliphatic carbocycles. The minimum atomic E-state index is -1.52. The summed E-state index contributed by atoms with van der Waals surface area (Å²) in [4.78, 5) is 2.56. The maximum atomic E-state index is 5.03. The molecule has 0 radical (unpaired) electrons. The number of rotatable bonds is 9. The van der Waals surface area contributed by atoms with Crippen LogP contribution in [0.4, 0.5) is 0 Å². The maximum absolute atomic E-state index is 5.03. The Morgan fingerprint density at radius 1 is 0.690 bits per heavy atom. The van der Waals surface area contributed by atoms with E-state index in [1.807, 2.05) is 0 Å². The molecule has 0 heterocycles. The Labute approximate surface area is 177 Å². The van der Waals surface area contributed by atoms with E-state index in [4.69, 9.17) is 4.66 Å². The SMILES string of the molecule is C[Si](C)(C)/N=C/C(Cc1ccccc1)N(Cc1ccccc1)Cc1ccccc1. The molecule has 0 bridgehead atoms. The van der Waals surface area contributed by atoms with E-state index in [9.17, 15) is 0 Å². The molecule has 0 fully saturated rings. The predicted molar refractivity (Wildman–Crippen MR) is 128 cm³/mol. The summed E-state index contributed by atoms with van der Waals surface area (Å²) in [5.74, 6) is 0. The van der Waals surface area contributed by atoms with E-state index in [1.165, 1.54) is 16.7 Å². The molecule has 29 heavy (non-hydrogen) atoms. The van der Waals surface area contributed by atoms with Gasteiger partial charge in [0.2, 0.25) is 0 Å². The lowest BCUT2D eigenvalue weighted by atomic mass is 10.0. The van der Waals surface area contributed by atoms with Crippen molar-refractivity contribution in [3.05, 3.63) is 108 Å². The van der Waals surface area contributed by atoms with E-state index in [0.717, 1.165) is 19.5 Å². The van der Waals surface area contributed by atoms with E-state index in [0.29, 0.717) is 0 Å². The molecule has 3 aromatic rings. The molecule has 1 atom stereocenters. The molecule has 0 N–H and O–H groups in total. The lowest BCUT2D eigenvalue weighted by Crippen LogP contribution is -2.38. The van der Waals surface area contributed by atoms with Crippen LogP contribution in [0.2, 0.25) is 19.6 Å². The molecule has 150 valence electrons. The second kappa shape index (κ2) is 10.3. The highest BCUT2D eigenvalue weighted by atomic mass is 28.3. The molecule has 0 saturated carbocycles. The normalized spacial score (nSPS) is 13.1. The van der Waals surface area contributed by atoms with Crippen molar-refractivity contribution in [1.82, 2.24) is 4.90 Å². The molecule has 3 aromatic carbocycles. The van der Waals surface area contributed by atoms with Crippen molar-refractivity contribution in [3.8, 4) is 0 Å². The van der Waals surface area contributed by atoms with Gasteiger partial charge in [0.05, 0.1) is 0 Å². The molecule has 0 aliphatic heterocycles. The summed E-state index contributed by atoms with van der Waals surface area (Å²) in [7, 11) is -1.52. The van der Waals surface area contributed by atoms with E-state index in [1.54, 1.807) is 0 Å². The fourth-order valence-corrected chi connectivity index (χ4v) is 3.99. The number of benzene rings is 3. The van der Waals surface area contributed by atoms with Crippen LogP contribution in [-0.2, 0) is 19.5 Å². The molecule has 0 aliphatic rings. The van der Waals surface area contributed by atoms with Crippen LogP contribution in [0.15, 0.2) is 95.7 Å². The maximum Gasteiger partial charge on any atom is 0.171 e. The average molecular weight is 401 g/mol. The summed E-state index contributed by atoms with van der Waals surface area (Å²) in [6, 6.07) is 32.6. The Morgan fingerprint density at radius 3 is 1.52 bits per heavy atom. The molecular weight excluding hydrogens is 368 g/mol. The van der Waals surface area contributed by atoms with Gasteiger partial charge in [0.25, 0.3) is 0 Å². The van der Waals surface area contributed by atoms with Gasteiger partial charge in [-0.15, -0.1) is 0 Å². The fourth-order valence-electron chi connectivity index (χ4n) is 3.37. The van der Waals surface area contributed by atoms with Gasteiger partial charge in [0.1, 0.15) is 0 Å². The van der Waals surface area contributed by atoms with Crippen LogP contribution in [0.25, 0.3) is 0 Å². The van der Waals surface area contributed by atoms with Gasteiger partial charge < -0.3 is 4.66 Å². The van der Waals surface area contributed by atoms with Crippen LogP contribution < -0.4 is 0 Å². The Kier molecular flexibility index (Phi) is 7.56. The predicted octanol–water partition coefficient (Wildman–Crippen LogP) is 6.21. The summed E-state index contributed by atoms with van der Waals surface area (Å²) in [6.07, 6.45) is 3.19. The second-order valence-electron chi connectivity index (χ2n) is 8.58. The molecule has 0 aromatic heterocycles. The first kappa shape index (κ1) is 21.2. The number of hydrogen-bond donors (Lipinski definition) is 0. The largest absolute Gasteiger partial charge is 0.332 e. The minimum absolute atomic E-state index is 0.254. The smallest absolute Gasteiger partial charge is 0.171 e. The first-order valence-corrected chi connectivity index (χ1v) is 13.9. The highest BCUT2D eigenvalue weighted by molar-refractivity contribution is 6.75. The van der Waals surface area contributed by atoms with Crippen molar-refractivity contribution < 1.29 is 0 Å². The van der Waals surface area contributed by atoms with Crippen molar-refractivity contribution in [2.75, 3.05) is 0 Å². The summed E-state index contributed by atoms with van der Waals surface area (Å²) in [5, 5.41) is 0. The third-order valence-corrected chi connectivity index (χ3v) is 5.77. The molecule has 0 amide bonds. The topological polar surface area (TPSA) is 15.6 Å². The summed E-state index contributed by atoms with van der Waals surface area (Å²) in [6.45, 7) is 8.70. The Bertz CT molecular complexity index is 829. The van der Waals surface area contributed by atoms with Gasteiger partial charge in [0.15, 0.2) is 8.24 Å². The summed E-state index contributed by atoms with van der Waals surface area (Å²) in [5.41, 5.74) is 4.02. The van der Waals surface area contributed by atoms with E-state index < -0.39 is 8.24 Å². The third kappa shape index (κ3) is 7.45. The quantitative estimate of drug-likeness (QED) is 0.308. The Hall–Kier alpha value is -2.49. The first-order valence-electron chi connectivity index (χ1n) is 10.4. The number of nitrogens with zero attached hydrogens (tertiary/aromatic N) is 2. The van der Waals surface area contributed by atoms with Gasteiger partial charge in [-0.1, -0.05) is 91.0 Å². The molecule has 3 rings (SSSR count). The van der Waals surface area contributed by atoms with Crippen molar-refractivity contribution in [2.24, 2.45) is 4.66 Å². The van der Waals surface area contributed by atoms with Gasteiger partial charge >= 0.3 is 0 Å². The molecular formula is C26H32N2Si. The van der Waals surface area contributed by atoms with Crippen LogP contribution in [0.3, 0.4) is 0 Å². The van der Waals surface area contributed by atoms with Crippen LogP contribution >= 0.6 is 0 Å². The van der Waals surface area contributed by atoms with Crippen LogP contribution in [0.1, 0.15) is 16.7 Å². The average Bonchev–Trinajstić information content (AvgIpc) is 2.72. The lowest BCUT2D eigenvalue weighted by Gasteiger charge is -2.30.